The molecule has 6 nitrogen and oxygen atoms in total. The highest BCUT2D eigenvalue weighted by atomic mass is 16.2. The topological polar surface area (TPSA) is 74.3 Å². The smallest absolute Gasteiger partial charge is 0.252 e. The van der Waals surface area contributed by atoms with Crippen LogP contribution in [0.1, 0.15) is 30.1 Å². The number of likely N-dealkylation sites (N-methyl/N-ethyl adjacent to an activating group) is 1. The molecule has 0 saturated heterocycles. The molecule has 24 heavy (non-hydrogen) atoms. The van der Waals surface area contributed by atoms with Gasteiger partial charge in [0.1, 0.15) is 11.9 Å². The van der Waals surface area contributed by atoms with E-state index in [1.54, 1.807) is 27.1 Å². The van der Waals surface area contributed by atoms with Crippen LogP contribution in [0.3, 0.4) is 0 Å². The van der Waals surface area contributed by atoms with Crippen molar-refractivity contribution in [3.63, 3.8) is 0 Å². The molecule has 0 bridgehead atoms. The molecule has 2 aromatic rings. The number of anilines is 1. The summed E-state index contributed by atoms with van der Waals surface area (Å²) in [6, 6.07) is 9.12. The predicted octanol–water partition coefficient (Wildman–Crippen LogP) is 2.02. The van der Waals surface area contributed by atoms with Gasteiger partial charge >= 0.3 is 0 Å². The first kappa shape index (κ1) is 16.2. The molecule has 1 aromatic carbocycles. The van der Waals surface area contributed by atoms with E-state index in [-0.39, 0.29) is 17.9 Å². The monoisotopic (exact) mass is 326 g/mol. The number of amides is 2. The molecule has 0 unspecified atom stereocenters. The molecule has 3 rings (SSSR count). The molecule has 126 valence electrons. The summed E-state index contributed by atoms with van der Waals surface area (Å²) in [6.07, 6.45) is 2.07. The Labute approximate surface area is 141 Å². The van der Waals surface area contributed by atoms with Crippen molar-refractivity contribution in [2.75, 3.05) is 19.4 Å². The van der Waals surface area contributed by atoms with E-state index in [0.717, 1.165) is 23.7 Å². The van der Waals surface area contributed by atoms with E-state index in [0.29, 0.717) is 11.4 Å². The highest BCUT2D eigenvalue weighted by Crippen LogP contribution is 2.24. The van der Waals surface area contributed by atoms with E-state index in [9.17, 15) is 9.59 Å². The number of pyridine rings is 1. The minimum atomic E-state index is -0.423. The molecule has 1 aromatic heterocycles. The van der Waals surface area contributed by atoms with Crippen molar-refractivity contribution in [2.24, 2.45) is 0 Å². The second-order valence-corrected chi connectivity index (χ2v) is 6.42. The van der Waals surface area contributed by atoms with Crippen molar-refractivity contribution in [2.45, 2.75) is 31.8 Å². The average Bonchev–Trinajstić information content (AvgIpc) is 3.37. The van der Waals surface area contributed by atoms with Crippen molar-refractivity contribution in [1.29, 1.82) is 0 Å². The number of hydrogen-bond donors (Lipinski definition) is 2. The molecule has 0 aliphatic heterocycles. The molecule has 1 heterocycles. The maximum atomic E-state index is 12.5. The Morgan fingerprint density at radius 1 is 1.25 bits per heavy atom. The van der Waals surface area contributed by atoms with Gasteiger partial charge in [0, 0.05) is 25.5 Å². The van der Waals surface area contributed by atoms with Crippen molar-refractivity contribution >= 4 is 28.5 Å². The van der Waals surface area contributed by atoms with Crippen LogP contribution in [0.2, 0.25) is 0 Å². The minimum Gasteiger partial charge on any atom is -0.359 e. The highest BCUT2D eigenvalue weighted by Gasteiger charge is 2.25. The van der Waals surface area contributed by atoms with Crippen LogP contribution >= 0.6 is 0 Å². The zero-order valence-electron chi connectivity index (χ0n) is 14.2. The molecule has 2 amide bonds. The van der Waals surface area contributed by atoms with Gasteiger partial charge in [-0.15, -0.1) is 0 Å². The van der Waals surface area contributed by atoms with Crippen molar-refractivity contribution in [3.8, 4) is 0 Å². The Kier molecular flexibility index (Phi) is 4.38. The molecular formula is C18H22N4O2. The number of hydrogen-bond acceptors (Lipinski definition) is 4. The summed E-state index contributed by atoms with van der Waals surface area (Å²) >= 11 is 0. The number of carbonyl (C=O) groups excluding carboxylic acids is 2. The SMILES string of the molecule is C[C@H](Nc1cc(C(=O)NC2CC2)c2ccccc2n1)C(=O)N(C)C. The third-order valence-corrected chi connectivity index (χ3v) is 4.05. The molecule has 0 radical (unpaired) electrons. The number of nitrogens with zero attached hydrogens (tertiary/aromatic N) is 2. The van der Waals surface area contributed by atoms with E-state index in [1.165, 1.54) is 4.90 Å². The van der Waals surface area contributed by atoms with Crippen molar-refractivity contribution < 1.29 is 9.59 Å². The summed E-state index contributed by atoms with van der Waals surface area (Å²) in [5.74, 6) is 0.386. The van der Waals surface area contributed by atoms with Crippen LogP contribution in [0.15, 0.2) is 30.3 Å². The van der Waals surface area contributed by atoms with Gasteiger partial charge in [-0.3, -0.25) is 9.59 Å². The Hall–Kier alpha value is -2.63. The maximum absolute atomic E-state index is 12.5. The number of aromatic nitrogens is 1. The van der Waals surface area contributed by atoms with Crippen molar-refractivity contribution in [3.05, 3.63) is 35.9 Å². The Morgan fingerprint density at radius 3 is 2.62 bits per heavy atom. The van der Waals surface area contributed by atoms with Gasteiger partial charge in [-0.05, 0) is 31.9 Å². The van der Waals surface area contributed by atoms with Crippen LogP contribution < -0.4 is 10.6 Å². The molecule has 1 saturated carbocycles. The van der Waals surface area contributed by atoms with E-state index in [4.69, 9.17) is 0 Å². The lowest BCUT2D eigenvalue weighted by Gasteiger charge is -2.19. The van der Waals surface area contributed by atoms with E-state index < -0.39 is 6.04 Å². The Balaban J connectivity index is 1.93. The largest absolute Gasteiger partial charge is 0.359 e. The van der Waals surface area contributed by atoms with Gasteiger partial charge in [0.25, 0.3) is 5.91 Å². The van der Waals surface area contributed by atoms with Crippen molar-refractivity contribution in [1.82, 2.24) is 15.2 Å². The summed E-state index contributed by atoms with van der Waals surface area (Å²) < 4.78 is 0. The van der Waals surface area contributed by atoms with Gasteiger partial charge < -0.3 is 15.5 Å². The first-order valence-corrected chi connectivity index (χ1v) is 8.14. The molecule has 0 spiro atoms. The number of benzene rings is 1. The number of fused-ring (bicyclic) bond motifs is 1. The second-order valence-electron chi connectivity index (χ2n) is 6.42. The number of para-hydroxylation sites is 1. The molecule has 1 aliphatic rings. The molecular weight excluding hydrogens is 304 g/mol. The maximum Gasteiger partial charge on any atom is 0.252 e. The lowest BCUT2D eigenvalue weighted by Crippen LogP contribution is -2.37. The fraction of sp³-hybridized carbons (Fsp3) is 0.389. The Bertz CT molecular complexity index is 784. The van der Waals surface area contributed by atoms with E-state index >= 15 is 0 Å². The highest BCUT2D eigenvalue weighted by molar-refractivity contribution is 6.07. The van der Waals surface area contributed by atoms with Crippen LogP contribution in [0.25, 0.3) is 10.9 Å². The first-order valence-electron chi connectivity index (χ1n) is 8.14. The predicted molar refractivity (Wildman–Crippen MR) is 94.0 cm³/mol. The van der Waals surface area contributed by atoms with Gasteiger partial charge in [-0.1, -0.05) is 18.2 Å². The van der Waals surface area contributed by atoms with Gasteiger partial charge in [0.15, 0.2) is 0 Å². The number of carbonyl (C=O) groups is 2. The zero-order valence-corrected chi connectivity index (χ0v) is 14.2. The van der Waals surface area contributed by atoms with Crippen LogP contribution in [-0.4, -0.2) is 47.9 Å². The minimum absolute atomic E-state index is 0.0473. The zero-order chi connectivity index (χ0) is 17.3. The van der Waals surface area contributed by atoms with Crippen LogP contribution in [0, 0.1) is 0 Å². The summed E-state index contributed by atoms with van der Waals surface area (Å²) in [4.78, 5) is 30.6. The summed E-state index contributed by atoms with van der Waals surface area (Å²) in [6.45, 7) is 1.78. The first-order chi connectivity index (χ1) is 11.5. The molecule has 1 fully saturated rings. The van der Waals surface area contributed by atoms with E-state index in [1.807, 2.05) is 24.3 Å². The number of nitrogens with one attached hydrogen (secondary N) is 2. The molecule has 2 N–H and O–H groups in total. The van der Waals surface area contributed by atoms with Gasteiger partial charge in [-0.25, -0.2) is 4.98 Å². The third-order valence-electron chi connectivity index (χ3n) is 4.05. The standard InChI is InChI=1S/C18H22N4O2/c1-11(18(24)22(2)3)19-16-10-14(17(23)20-12-8-9-12)13-6-4-5-7-15(13)21-16/h4-7,10-12H,8-9H2,1-3H3,(H,19,21)(H,20,23)/t11-/m0/s1. The second kappa shape index (κ2) is 6.47. The average molecular weight is 326 g/mol. The lowest BCUT2D eigenvalue weighted by molar-refractivity contribution is -0.129. The van der Waals surface area contributed by atoms with Gasteiger partial charge in [-0.2, -0.15) is 0 Å². The fourth-order valence-electron chi connectivity index (χ4n) is 2.60. The third kappa shape index (κ3) is 3.48. The Morgan fingerprint density at radius 2 is 1.96 bits per heavy atom. The summed E-state index contributed by atoms with van der Waals surface area (Å²) in [5.41, 5.74) is 1.31. The normalized spacial score (nSPS) is 15.0. The summed E-state index contributed by atoms with van der Waals surface area (Å²) in [7, 11) is 3.42. The van der Waals surface area contributed by atoms with Crippen LogP contribution in [0.5, 0.6) is 0 Å². The van der Waals surface area contributed by atoms with E-state index in [2.05, 4.69) is 15.6 Å². The van der Waals surface area contributed by atoms with Crippen LogP contribution in [0.4, 0.5) is 5.82 Å². The lowest BCUT2D eigenvalue weighted by atomic mass is 10.1. The molecule has 6 heteroatoms. The summed E-state index contributed by atoms with van der Waals surface area (Å²) in [5, 5.41) is 6.92. The molecule has 1 atom stereocenters. The van der Waals surface area contributed by atoms with Crippen LogP contribution in [-0.2, 0) is 4.79 Å². The quantitative estimate of drug-likeness (QED) is 0.881. The fourth-order valence-corrected chi connectivity index (χ4v) is 2.60. The molecule has 1 aliphatic carbocycles. The number of rotatable bonds is 5. The van der Waals surface area contributed by atoms with Gasteiger partial charge in [0.2, 0.25) is 5.91 Å². The van der Waals surface area contributed by atoms with Gasteiger partial charge in [0.05, 0.1) is 11.1 Å².